The van der Waals surface area contributed by atoms with Gasteiger partial charge in [0.25, 0.3) is 5.91 Å². The summed E-state index contributed by atoms with van der Waals surface area (Å²) in [6.45, 7) is 3.02. The number of thiazole rings is 1. The van der Waals surface area contributed by atoms with Crippen LogP contribution in [-0.2, 0) is 9.53 Å². The van der Waals surface area contributed by atoms with Crippen LogP contribution in [0.1, 0.15) is 11.7 Å². The number of hydrogen-bond acceptors (Lipinski definition) is 5. The minimum absolute atomic E-state index is 0.0347. The summed E-state index contributed by atoms with van der Waals surface area (Å²) < 4.78 is 5.44. The van der Waals surface area contributed by atoms with Crippen molar-refractivity contribution in [3.05, 3.63) is 47.5 Å². The van der Waals surface area contributed by atoms with E-state index in [0.29, 0.717) is 13.1 Å². The Hall–Kier alpha value is -1.92. The summed E-state index contributed by atoms with van der Waals surface area (Å²) >= 11 is 1.63. The third kappa shape index (κ3) is 3.13. The van der Waals surface area contributed by atoms with Crippen molar-refractivity contribution in [1.82, 2.24) is 9.88 Å². The predicted molar refractivity (Wildman–Crippen MR) is 87.1 cm³/mol. The fraction of sp³-hybridized carbons (Fsp3) is 0.375. The van der Waals surface area contributed by atoms with Gasteiger partial charge < -0.3 is 14.5 Å². The minimum Gasteiger partial charge on any atom is -0.367 e. The van der Waals surface area contributed by atoms with E-state index in [4.69, 9.17) is 4.74 Å². The lowest BCUT2D eigenvalue weighted by molar-refractivity contribution is -0.142. The van der Waals surface area contributed by atoms with Gasteiger partial charge in [-0.2, -0.15) is 0 Å². The van der Waals surface area contributed by atoms with Gasteiger partial charge in [-0.1, -0.05) is 30.3 Å². The fourth-order valence-corrected chi connectivity index (χ4v) is 3.36. The Morgan fingerprint density at radius 1 is 1.23 bits per heavy atom. The molecular formula is C16H19N3O2S. The van der Waals surface area contributed by atoms with Gasteiger partial charge in [0.1, 0.15) is 0 Å². The Balaban J connectivity index is 1.64. The van der Waals surface area contributed by atoms with Gasteiger partial charge >= 0.3 is 0 Å². The first-order chi connectivity index (χ1) is 10.8. The fourth-order valence-electron chi connectivity index (χ4n) is 2.66. The van der Waals surface area contributed by atoms with Crippen molar-refractivity contribution in [3.63, 3.8) is 0 Å². The second kappa shape index (κ2) is 6.89. The number of carbonyl (C=O) groups is 1. The molecule has 5 nitrogen and oxygen atoms in total. The lowest BCUT2D eigenvalue weighted by atomic mass is 10.1. The van der Waals surface area contributed by atoms with Crippen LogP contribution in [0.5, 0.6) is 0 Å². The number of methoxy groups -OCH3 is 1. The number of anilines is 1. The SMILES string of the molecule is COC(C(=O)N1CCN(c2nccs2)CC1)c1ccccc1. The molecule has 6 heteroatoms. The van der Waals surface area contributed by atoms with Crippen LogP contribution in [0.4, 0.5) is 5.13 Å². The summed E-state index contributed by atoms with van der Waals surface area (Å²) in [6.07, 6.45) is 1.29. The van der Waals surface area contributed by atoms with E-state index < -0.39 is 6.10 Å². The molecule has 1 atom stereocenters. The van der Waals surface area contributed by atoms with Gasteiger partial charge in [0, 0.05) is 44.9 Å². The van der Waals surface area contributed by atoms with E-state index in [2.05, 4.69) is 9.88 Å². The van der Waals surface area contributed by atoms with Crippen molar-refractivity contribution >= 4 is 22.4 Å². The number of carbonyl (C=O) groups excluding carboxylic acids is 1. The van der Waals surface area contributed by atoms with Gasteiger partial charge in [0.05, 0.1) is 0 Å². The van der Waals surface area contributed by atoms with Crippen LogP contribution in [-0.4, -0.2) is 49.1 Å². The molecule has 0 N–H and O–H groups in total. The monoisotopic (exact) mass is 317 g/mol. The molecule has 0 bridgehead atoms. The van der Waals surface area contributed by atoms with Gasteiger partial charge in [0.15, 0.2) is 11.2 Å². The highest BCUT2D eigenvalue weighted by Gasteiger charge is 2.28. The highest BCUT2D eigenvalue weighted by Crippen LogP contribution is 2.22. The largest absolute Gasteiger partial charge is 0.367 e. The zero-order valence-corrected chi connectivity index (χ0v) is 13.3. The van der Waals surface area contributed by atoms with Crippen LogP contribution in [0, 0.1) is 0 Å². The lowest BCUT2D eigenvalue weighted by Gasteiger charge is -2.36. The van der Waals surface area contributed by atoms with E-state index in [1.807, 2.05) is 46.8 Å². The molecule has 1 aromatic carbocycles. The number of aromatic nitrogens is 1. The maximum absolute atomic E-state index is 12.7. The van der Waals surface area contributed by atoms with Crippen LogP contribution in [0.2, 0.25) is 0 Å². The summed E-state index contributed by atoms with van der Waals surface area (Å²) in [7, 11) is 1.58. The summed E-state index contributed by atoms with van der Waals surface area (Å²) in [5, 5.41) is 3.00. The Morgan fingerprint density at radius 2 is 1.95 bits per heavy atom. The molecule has 1 unspecified atom stereocenters. The molecule has 1 fully saturated rings. The Labute approximate surface area is 134 Å². The summed E-state index contributed by atoms with van der Waals surface area (Å²) in [5.74, 6) is 0.0347. The third-order valence-corrected chi connectivity index (χ3v) is 4.68. The lowest BCUT2D eigenvalue weighted by Crippen LogP contribution is -2.50. The van der Waals surface area contributed by atoms with Gasteiger partial charge in [0.2, 0.25) is 0 Å². The zero-order valence-electron chi connectivity index (χ0n) is 12.5. The molecule has 3 rings (SSSR count). The zero-order chi connectivity index (χ0) is 15.4. The number of amides is 1. The molecule has 116 valence electrons. The number of nitrogens with zero attached hydrogens (tertiary/aromatic N) is 3. The highest BCUT2D eigenvalue weighted by molar-refractivity contribution is 7.13. The molecule has 1 aliphatic heterocycles. The maximum atomic E-state index is 12.7. The summed E-state index contributed by atoms with van der Waals surface area (Å²) in [5.41, 5.74) is 0.900. The third-order valence-electron chi connectivity index (χ3n) is 3.84. The smallest absolute Gasteiger partial charge is 0.256 e. The topological polar surface area (TPSA) is 45.7 Å². The van der Waals surface area contributed by atoms with Crippen LogP contribution in [0.3, 0.4) is 0 Å². The number of rotatable bonds is 4. The van der Waals surface area contributed by atoms with Crippen LogP contribution in [0.25, 0.3) is 0 Å². The molecule has 1 aromatic heterocycles. The first kappa shape index (κ1) is 15.0. The van der Waals surface area contributed by atoms with E-state index in [-0.39, 0.29) is 5.91 Å². The van der Waals surface area contributed by atoms with Crippen LogP contribution in [0.15, 0.2) is 41.9 Å². The molecule has 22 heavy (non-hydrogen) atoms. The molecule has 0 spiro atoms. The molecule has 2 aromatic rings. The Morgan fingerprint density at radius 3 is 2.55 bits per heavy atom. The van der Waals surface area contributed by atoms with Crippen molar-refractivity contribution in [2.24, 2.45) is 0 Å². The Bertz CT molecular complexity index is 595. The first-order valence-electron chi connectivity index (χ1n) is 7.30. The quantitative estimate of drug-likeness (QED) is 0.867. The van der Waals surface area contributed by atoms with Crippen molar-refractivity contribution < 1.29 is 9.53 Å². The van der Waals surface area contributed by atoms with Crippen LogP contribution >= 0.6 is 11.3 Å². The predicted octanol–water partition coefficient (Wildman–Crippen LogP) is 2.18. The van der Waals surface area contributed by atoms with Crippen molar-refractivity contribution in [1.29, 1.82) is 0 Å². The van der Waals surface area contributed by atoms with Gasteiger partial charge in [-0.25, -0.2) is 4.98 Å². The van der Waals surface area contributed by atoms with Gasteiger partial charge in [-0.15, -0.1) is 11.3 Å². The maximum Gasteiger partial charge on any atom is 0.256 e. The molecule has 0 radical (unpaired) electrons. The highest BCUT2D eigenvalue weighted by atomic mass is 32.1. The summed E-state index contributed by atoms with van der Waals surface area (Å²) in [6, 6.07) is 9.65. The molecule has 2 heterocycles. The van der Waals surface area contributed by atoms with Gasteiger partial charge in [-0.05, 0) is 5.56 Å². The van der Waals surface area contributed by atoms with Crippen molar-refractivity contribution in [3.8, 4) is 0 Å². The van der Waals surface area contributed by atoms with E-state index in [0.717, 1.165) is 23.8 Å². The van der Waals surface area contributed by atoms with E-state index in [9.17, 15) is 4.79 Å². The van der Waals surface area contributed by atoms with Crippen molar-refractivity contribution in [2.75, 3.05) is 38.2 Å². The average Bonchev–Trinajstić information content (AvgIpc) is 3.11. The molecule has 1 amide bonds. The van der Waals surface area contributed by atoms with Crippen LogP contribution < -0.4 is 4.90 Å². The molecule has 1 aliphatic rings. The number of benzene rings is 1. The number of ether oxygens (including phenoxy) is 1. The minimum atomic E-state index is -0.521. The molecule has 0 saturated carbocycles. The molecule has 1 saturated heterocycles. The Kier molecular flexibility index (Phi) is 4.70. The number of hydrogen-bond donors (Lipinski definition) is 0. The van der Waals surface area contributed by atoms with Crippen molar-refractivity contribution in [2.45, 2.75) is 6.10 Å². The normalized spacial score (nSPS) is 16.6. The van der Waals surface area contributed by atoms with E-state index in [1.165, 1.54) is 0 Å². The summed E-state index contributed by atoms with van der Waals surface area (Å²) in [4.78, 5) is 21.1. The number of piperazine rings is 1. The second-order valence-electron chi connectivity index (χ2n) is 5.15. The standard InChI is InChI=1S/C16H19N3O2S/c1-21-14(13-5-3-2-4-6-13)15(20)18-8-10-19(11-9-18)16-17-7-12-22-16/h2-7,12,14H,8-11H2,1H3. The van der Waals surface area contributed by atoms with E-state index in [1.54, 1.807) is 18.4 Å². The first-order valence-corrected chi connectivity index (χ1v) is 8.18. The van der Waals surface area contributed by atoms with E-state index >= 15 is 0 Å². The molecule has 0 aliphatic carbocycles. The second-order valence-corrected chi connectivity index (χ2v) is 6.03. The molecular weight excluding hydrogens is 298 g/mol. The van der Waals surface area contributed by atoms with Gasteiger partial charge in [-0.3, -0.25) is 4.79 Å². The average molecular weight is 317 g/mol.